The zero-order valence-electron chi connectivity index (χ0n) is 16.4. The number of alkyl halides is 3. The highest BCUT2D eigenvalue weighted by Gasteiger charge is 2.33. The molecular formula is C23H16F3NO4S. The fourth-order valence-corrected chi connectivity index (χ4v) is 4.36. The summed E-state index contributed by atoms with van der Waals surface area (Å²) in [6.07, 6.45) is -4.44. The van der Waals surface area contributed by atoms with Gasteiger partial charge in [0.25, 0.3) is 5.91 Å². The summed E-state index contributed by atoms with van der Waals surface area (Å²) in [5.41, 5.74) is 0.887. The number of halogens is 3. The van der Waals surface area contributed by atoms with Crippen LogP contribution in [0.2, 0.25) is 0 Å². The van der Waals surface area contributed by atoms with Crippen molar-refractivity contribution in [1.82, 2.24) is 0 Å². The highest BCUT2D eigenvalue weighted by atomic mass is 32.2. The normalized spacial score (nSPS) is 13.2. The largest absolute Gasteiger partial charge is 0.482 e. The molecule has 0 bridgehead atoms. The lowest BCUT2D eigenvalue weighted by Gasteiger charge is -2.17. The molecule has 0 fully saturated rings. The molecule has 0 radical (unpaired) electrons. The van der Waals surface area contributed by atoms with Crippen molar-refractivity contribution < 1.29 is 32.6 Å². The maximum absolute atomic E-state index is 12.9. The second-order valence-electron chi connectivity index (χ2n) is 6.98. The Morgan fingerprint density at radius 3 is 2.47 bits per heavy atom. The van der Waals surface area contributed by atoms with Crippen molar-refractivity contribution >= 4 is 29.3 Å². The van der Waals surface area contributed by atoms with Gasteiger partial charge in [-0.3, -0.25) is 4.79 Å². The summed E-state index contributed by atoms with van der Waals surface area (Å²) >= 11 is 1.39. The van der Waals surface area contributed by atoms with E-state index in [1.165, 1.54) is 28.8 Å². The minimum Gasteiger partial charge on any atom is -0.482 e. The van der Waals surface area contributed by atoms with Gasteiger partial charge in [0, 0.05) is 21.0 Å². The molecule has 3 aromatic rings. The second kappa shape index (κ2) is 8.58. The molecular weight excluding hydrogens is 443 g/mol. The van der Waals surface area contributed by atoms with Crippen molar-refractivity contribution in [1.29, 1.82) is 0 Å². The molecule has 0 saturated heterocycles. The topological polar surface area (TPSA) is 66.8 Å². The molecule has 5 nitrogen and oxygen atoms in total. The Morgan fingerprint density at radius 1 is 1.06 bits per heavy atom. The van der Waals surface area contributed by atoms with Crippen LogP contribution in [-0.2, 0) is 17.5 Å². The number of amides is 1. The fourth-order valence-electron chi connectivity index (χ4n) is 3.34. The quantitative estimate of drug-likeness (QED) is 0.529. The predicted octanol–water partition coefficient (Wildman–Crippen LogP) is 5.48. The summed E-state index contributed by atoms with van der Waals surface area (Å²) < 4.78 is 43.7. The Kier molecular flexibility index (Phi) is 5.84. The van der Waals surface area contributed by atoms with Crippen LogP contribution >= 0.6 is 11.8 Å². The number of nitrogens with zero attached hydrogens (tertiary/aromatic N) is 1. The third-order valence-electron chi connectivity index (χ3n) is 4.83. The van der Waals surface area contributed by atoms with Crippen molar-refractivity contribution in [2.24, 2.45) is 0 Å². The number of hydrogen-bond acceptors (Lipinski definition) is 4. The summed E-state index contributed by atoms with van der Waals surface area (Å²) in [4.78, 5) is 26.7. The van der Waals surface area contributed by atoms with Crippen LogP contribution in [0.25, 0.3) is 0 Å². The first kappa shape index (κ1) is 21.8. The van der Waals surface area contributed by atoms with Crippen molar-refractivity contribution in [3.05, 3.63) is 83.4 Å². The van der Waals surface area contributed by atoms with Crippen molar-refractivity contribution in [2.45, 2.75) is 22.5 Å². The summed E-state index contributed by atoms with van der Waals surface area (Å²) in [5, 5.41) is 8.76. The Morgan fingerprint density at radius 2 is 1.78 bits per heavy atom. The minimum atomic E-state index is -4.44. The third-order valence-corrected chi connectivity index (χ3v) is 5.92. The highest BCUT2D eigenvalue weighted by Crippen LogP contribution is 2.39. The van der Waals surface area contributed by atoms with Crippen LogP contribution in [0.1, 0.15) is 21.5 Å². The number of benzene rings is 3. The number of ether oxygens (including phenoxy) is 1. The number of carboxylic acid groups (broad SMARTS) is 1. The van der Waals surface area contributed by atoms with Gasteiger partial charge in [-0.2, -0.15) is 13.2 Å². The number of aliphatic carboxylic acids is 1. The van der Waals surface area contributed by atoms with Gasteiger partial charge in [-0.1, -0.05) is 23.9 Å². The van der Waals surface area contributed by atoms with E-state index in [2.05, 4.69) is 0 Å². The van der Waals surface area contributed by atoms with E-state index in [4.69, 9.17) is 9.84 Å². The number of carbonyl (C=O) groups excluding carboxylic acids is 1. The molecule has 1 heterocycles. The molecule has 1 N–H and O–H groups in total. The Labute approximate surface area is 185 Å². The number of anilines is 1. The van der Waals surface area contributed by atoms with E-state index in [9.17, 15) is 22.8 Å². The monoisotopic (exact) mass is 459 g/mol. The van der Waals surface area contributed by atoms with E-state index < -0.39 is 24.3 Å². The van der Waals surface area contributed by atoms with Crippen molar-refractivity contribution in [3.63, 3.8) is 0 Å². The number of hydrogen-bond donors (Lipinski definition) is 1. The first-order valence-electron chi connectivity index (χ1n) is 9.46. The molecule has 4 rings (SSSR count). The predicted molar refractivity (Wildman–Crippen MR) is 112 cm³/mol. The second-order valence-corrected chi connectivity index (χ2v) is 8.09. The zero-order chi connectivity index (χ0) is 22.9. The highest BCUT2D eigenvalue weighted by molar-refractivity contribution is 7.99. The molecule has 3 aromatic carbocycles. The van der Waals surface area contributed by atoms with Gasteiger partial charge in [0.2, 0.25) is 0 Å². The molecule has 9 heteroatoms. The van der Waals surface area contributed by atoms with E-state index >= 15 is 0 Å². The molecule has 1 amide bonds. The van der Waals surface area contributed by atoms with E-state index in [0.717, 1.165) is 27.5 Å². The SMILES string of the molecule is O=C(O)COc1cccc(Sc2cccc3c2CN(c2ccc(C(F)(F)F)cc2)C3=O)c1. The molecule has 0 unspecified atom stereocenters. The lowest BCUT2D eigenvalue weighted by Crippen LogP contribution is -2.23. The molecule has 0 aliphatic carbocycles. The first-order valence-corrected chi connectivity index (χ1v) is 10.3. The fraction of sp³-hybridized carbons (Fsp3) is 0.130. The molecule has 1 aliphatic heterocycles. The zero-order valence-corrected chi connectivity index (χ0v) is 17.2. The lowest BCUT2D eigenvalue weighted by atomic mass is 10.1. The summed E-state index contributed by atoms with van der Waals surface area (Å²) in [6, 6.07) is 16.7. The molecule has 0 atom stereocenters. The van der Waals surface area contributed by atoms with Crippen LogP contribution in [-0.4, -0.2) is 23.6 Å². The Hall–Kier alpha value is -3.46. The van der Waals surface area contributed by atoms with E-state index in [1.54, 1.807) is 30.3 Å². The van der Waals surface area contributed by atoms with Gasteiger partial charge in [0.1, 0.15) is 5.75 Å². The smallest absolute Gasteiger partial charge is 0.416 e. The van der Waals surface area contributed by atoms with Gasteiger partial charge in [0.15, 0.2) is 6.61 Å². The summed E-state index contributed by atoms with van der Waals surface area (Å²) in [6.45, 7) is -0.219. The molecule has 164 valence electrons. The Balaban J connectivity index is 1.56. The van der Waals surface area contributed by atoms with Gasteiger partial charge < -0.3 is 14.7 Å². The standard InChI is InChI=1S/C23H16F3NO4S/c24-23(25,26)14-7-9-15(10-8-14)27-12-19-18(22(27)30)5-2-6-20(19)32-17-4-1-3-16(11-17)31-13-21(28)29/h1-11H,12-13H2,(H,28,29). The third kappa shape index (κ3) is 4.57. The number of rotatable bonds is 6. The van der Waals surface area contributed by atoms with Gasteiger partial charge in [-0.05, 0) is 60.2 Å². The molecule has 0 saturated carbocycles. The molecule has 32 heavy (non-hydrogen) atoms. The average molecular weight is 459 g/mol. The van der Waals surface area contributed by atoms with Gasteiger partial charge in [0.05, 0.1) is 12.1 Å². The van der Waals surface area contributed by atoms with Gasteiger partial charge in [-0.15, -0.1) is 0 Å². The van der Waals surface area contributed by atoms with Gasteiger partial charge >= 0.3 is 12.1 Å². The van der Waals surface area contributed by atoms with Gasteiger partial charge in [-0.25, -0.2) is 4.79 Å². The van der Waals surface area contributed by atoms with E-state index in [0.29, 0.717) is 17.0 Å². The van der Waals surface area contributed by atoms with Crippen molar-refractivity contribution in [3.8, 4) is 5.75 Å². The first-order chi connectivity index (χ1) is 15.2. The molecule has 0 aromatic heterocycles. The Bertz CT molecular complexity index is 1180. The van der Waals surface area contributed by atoms with Crippen LogP contribution in [0.15, 0.2) is 76.5 Å². The van der Waals surface area contributed by atoms with Crippen LogP contribution in [0.4, 0.5) is 18.9 Å². The van der Waals surface area contributed by atoms with Crippen molar-refractivity contribution in [2.75, 3.05) is 11.5 Å². The number of carbonyl (C=O) groups is 2. The maximum Gasteiger partial charge on any atom is 0.416 e. The maximum atomic E-state index is 12.9. The average Bonchev–Trinajstić information content (AvgIpc) is 3.10. The summed E-state index contributed by atoms with van der Waals surface area (Å²) in [5.74, 6) is -0.945. The van der Waals surface area contributed by atoms with Crippen LogP contribution in [0.5, 0.6) is 5.75 Å². The van der Waals surface area contributed by atoms with Crippen LogP contribution in [0.3, 0.4) is 0 Å². The minimum absolute atomic E-state index is 0.234. The number of fused-ring (bicyclic) bond motifs is 1. The van der Waals surface area contributed by atoms with E-state index in [-0.39, 0.29) is 12.5 Å². The van der Waals surface area contributed by atoms with Crippen LogP contribution in [0, 0.1) is 0 Å². The lowest BCUT2D eigenvalue weighted by molar-refractivity contribution is -0.139. The number of carboxylic acids is 1. The molecule has 0 spiro atoms. The molecule has 1 aliphatic rings. The summed E-state index contributed by atoms with van der Waals surface area (Å²) in [7, 11) is 0. The van der Waals surface area contributed by atoms with Crippen LogP contribution < -0.4 is 9.64 Å². The van der Waals surface area contributed by atoms with E-state index in [1.807, 2.05) is 12.1 Å².